The molecule has 1 heterocycles. The van der Waals surface area contributed by atoms with Gasteiger partial charge >= 0.3 is 0 Å². The third-order valence-electron chi connectivity index (χ3n) is 4.73. The van der Waals surface area contributed by atoms with E-state index in [1.807, 2.05) is 24.4 Å². The molecule has 0 saturated heterocycles. The third kappa shape index (κ3) is 4.44. The molecule has 0 amide bonds. The fourth-order valence-corrected chi connectivity index (χ4v) is 3.55. The summed E-state index contributed by atoms with van der Waals surface area (Å²) in [4.78, 5) is 2.47. The second kappa shape index (κ2) is 8.24. The fourth-order valence-electron chi connectivity index (χ4n) is 3.25. The minimum absolute atomic E-state index is 0.535. The molecule has 0 bridgehead atoms. The Balaban J connectivity index is 1.51. The van der Waals surface area contributed by atoms with Gasteiger partial charge in [0.2, 0.25) is 0 Å². The van der Waals surface area contributed by atoms with Crippen LogP contribution in [0.3, 0.4) is 0 Å². The predicted molar refractivity (Wildman–Crippen MR) is 102 cm³/mol. The number of hydrogen-bond acceptors (Lipinski definition) is 3. The van der Waals surface area contributed by atoms with Gasteiger partial charge in [-0.05, 0) is 38.1 Å². The maximum Gasteiger partial charge on any atom is 0.148 e. The van der Waals surface area contributed by atoms with Crippen molar-refractivity contribution in [2.75, 3.05) is 25.5 Å². The number of nitrogens with one attached hydrogen (secondary N) is 1. The van der Waals surface area contributed by atoms with Crippen molar-refractivity contribution >= 4 is 29.0 Å². The average molecular weight is 367 g/mol. The molecule has 1 saturated carbocycles. The molecule has 130 valence electrons. The minimum Gasteiger partial charge on any atom is -0.367 e. The highest BCUT2D eigenvalue weighted by molar-refractivity contribution is 6.42. The van der Waals surface area contributed by atoms with Crippen molar-refractivity contribution in [2.45, 2.75) is 38.1 Å². The van der Waals surface area contributed by atoms with Crippen LogP contribution in [0.4, 0.5) is 5.82 Å². The molecule has 0 spiro atoms. The summed E-state index contributed by atoms with van der Waals surface area (Å²) in [7, 11) is 2.23. The molecule has 2 aromatic rings. The quantitative estimate of drug-likeness (QED) is 0.792. The van der Waals surface area contributed by atoms with E-state index >= 15 is 0 Å². The molecule has 4 nitrogen and oxygen atoms in total. The van der Waals surface area contributed by atoms with Crippen LogP contribution < -0.4 is 5.32 Å². The molecule has 1 aliphatic rings. The fraction of sp³-hybridized carbons (Fsp3) is 0.500. The molecule has 1 aromatic heterocycles. The Kier molecular flexibility index (Phi) is 6.04. The van der Waals surface area contributed by atoms with Crippen LogP contribution in [0.25, 0.3) is 5.69 Å². The van der Waals surface area contributed by atoms with Crippen molar-refractivity contribution in [3.8, 4) is 5.69 Å². The van der Waals surface area contributed by atoms with Crippen molar-refractivity contribution in [3.05, 3.63) is 40.5 Å². The van der Waals surface area contributed by atoms with Gasteiger partial charge in [-0.25, -0.2) is 4.68 Å². The Labute approximate surface area is 153 Å². The SMILES string of the molecule is CN(CCNc1ccn(-c2ccc(Cl)c(Cl)c2)n1)C1CCCCC1. The maximum absolute atomic E-state index is 6.07. The number of nitrogens with zero attached hydrogens (tertiary/aromatic N) is 3. The van der Waals surface area contributed by atoms with Crippen molar-refractivity contribution in [2.24, 2.45) is 0 Å². The van der Waals surface area contributed by atoms with E-state index in [1.165, 1.54) is 32.1 Å². The molecule has 1 aliphatic carbocycles. The highest BCUT2D eigenvalue weighted by atomic mass is 35.5. The normalized spacial score (nSPS) is 15.8. The van der Waals surface area contributed by atoms with Crippen LogP contribution >= 0.6 is 23.2 Å². The van der Waals surface area contributed by atoms with Crippen LogP contribution in [0.1, 0.15) is 32.1 Å². The monoisotopic (exact) mass is 366 g/mol. The van der Waals surface area contributed by atoms with Crippen molar-refractivity contribution in [3.63, 3.8) is 0 Å². The van der Waals surface area contributed by atoms with Crippen LogP contribution in [0.5, 0.6) is 0 Å². The molecule has 3 rings (SSSR count). The van der Waals surface area contributed by atoms with Gasteiger partial charge in [-0.3, -0.25) is 0 Å². The van der Waals surface area contributed by atoms with Crippen LogP contribution in [0.15, 0.2) is 30.5 Å². The zero-order chi connectivity index (χ0) is 16.9. The largest absolute Gasteiger partial charge is 0.367 e. The Hall–Kier alpha value is -1.23. The molecular formula is C18H24Cl2N4. The maximum atomic E-state index is 6.07. The first-order valence-corrected chi connectivity index (χ1v) is 9.34. The molecule has 1 fully saturated rings. The van der Waals surface area contributed by atoms with Gasteiger partial charge in [0.1, 0.15) is 5.82 Å². The van der Waals surface area contributed by atoms with E-state index in [2.05, 4.69) is 22.4 Å². The van der Waals surface area contributed by atoms with E-state index in [1.54, 1.807) is 10.7 Å². The Morgan fingerprint density at radius 1 is 1.17 bits per heavy atom. The van der Waals surface area contributed by atoms with Crippen molar-refractivity contribution in [1.29, 1.82) is 0 Å². The summed E-state index contributed by atoms with van der Waals surface area (Å²) in [5.74, 6) is 0.873. The van der Waals surface area contributed by atoms with Crippen LogP contribution in [0.2, 0.25) is 10.0 Å². The van der Waals surface area contributed by atoms with Gasteiger partial charge in [0, 0.05) is 31.4 Å². The second-order valence-electron chi connectivity index (χ2n) is 6.44. The Morgan fingerprint density at radius 3 is 2.71 bits per heavy atom. The highest BCUT2D eigenvalue weighted by Gasteiger charge is 2.17. The van der Waals surface area contributed by atoms with E-state index in [0.717, 1.165) is 30.6 Å². The van der Waals surface area contributed by atoms with Gasteiger partial charge in [-0.1, -0.05) is 42.5 Å². The molecule has 0 unspecified atom stereocenters. The first-order chi connectivity index (χ1) is 11.6. The lowest BCUT2D eigenvalue weighted by Crippen LogP contribution is -2.36. The first-order valence-electron chi connectivity index (χ1n) is 8.59. The van der Waals surface area contributed by atoms with Crippen LogP contribution in [-0.2, 0) is 0 Å². The predicted octanol–water partition coefficient (Wildman–Crippen LogP) is 4.86. The number of rotatable bonds is 6. The molecular weight excluding hydrogens is 343 g/mol. The molecule has 6 heteroatoms. The molecule has 24 heavy (non-hydrogen) atoms. The molecule has 0 atom stereocenters. The van der Waals surface area contributed by atoms with Gasteiger partial charge in [0.15, 0.2) is 0 Å². The van der Waals surface area contributed by atoms with Gasteiger partial charge in [-0.2, -0.15) is 5.10 Å². The number of likely N-dealkylation sites (N-methyl/N-ethyl adjacent to an activating group) is 1. The van der Waals surface area contributed by atoms with E-state index in [0.29, 0.717) is 10.0 Å². The van der Waals surface area contributed by atoms with E-state index < -0.39 is 0 Å². The summed E-state index contributed by atoms with van der Waals surface area (Å²) >= 11 is 12.0. The lowest BCUT2D eigenvalue weighted by molar-refractivity contribution is 0.198. The van der Waals surface area contributed by atoms with Gasteiger partial charge < -0.3 is 10.2 Å². The summed E-state index contributed by atoms with van der Waals surface area (Å²) in [6, 6.07) is 8.23. The average Bonchev–Trinajstić information content (AvgIpc) is 3.07. The van der Waals surface area contributed by atoms with Gasteiger partial charge in [0.25, 0.3) is 0 Å². The van der Waals surface area contributed by atoms with Crippen LogP contribution in [-0.4, -0.2) is 40.9 Å². The van der Waals surface area contributed by atoms with Crippen molar-refractivity contribution in [1.82, 2.24) is 14.7 Å². The van der Waals surface area contributed by atoms with Gasteiger partial charge in [0.05, 0.1) is 15.7 Å². The molecule has 0 radical (unpaired) electrons. The summed E-state index contributed by atoms with van der Waals surface area (Å²) in [6.45, 7) is 1.93. The minimum atomic E-state index is 0.535. The first kappa shape index (κ1) is 17.6. The number of halogens is 2. The highest BCUT2D eigenvalue weighted by Crippen LogP contribution is 2.24. The topological polar surface area (TPSA) is 33.1 Å². The molecule has 1 N–H and O–H groups in total. The Morgan fingerprint density at radius 2 is 1.96 bits per heavy atom. The smallest absolute Gasteiger partial charge is 0.148 e. The summed E-state index contributed by atoms with van der Waals surface area (Å²) in [5, 5.41) is 9.03. The number of aromatic nitrogens is 2. The van der Waals surface area contributed by atoms with Crippen molar-refractivity contribution < 1.29 is 0 Å². The number of benzene rings is 1. The lowest BCUT2D eigenvalue weighted by atomic mass is 9.94. The van der Waals surface area contributed by atoms with Gasteiger partial charge in [-0.15, -0.1) is 0 Å². The molecule has 1 aromatic carbocycles. The number of hydrogen-bond donors (Lipinski definition) is 1. The zero-order valence-corrected chi connectivity index (χ0v) is 15.5. The number of anilines is 1. The van der Waals surface area contributed by atoms with E-state index in [-0.39, 0.29) is 0 Å². The second-order valence-corrected chi connectivity index (χ2v) is 7.26. The van der Waals surface area contributed by atoms with E-state index in [9.17, 15) is 0 Å². The summed E-state index contributed by atoms with van der Waals surface area (Å²) in [6.07, 6.45) is 8.74. The summed E-state index contributed by atoms with van der Waals surface area (Å²) in [5.41, 5.74) is 0.900. The Bertz CT molecular complexity index is 665. The summed E-state index contributed by atoms with van der Waals surface area (Å²) < 4.78 is 1.80. The van der Waals surface area contributed by atoms with E-state index in [4.69, 9.17) is 23.2 Å². The zero-order valence-electron chi connectivity index (χ0n) is 14.0. The lowest BCUT2D eigenvalue weighted by Gasteiger charge is -2.31. The standard InChI is InChI=1S/C18H24Cl2N4/c1-23(14-5-3-2-4-6-14)12-10-21-18-9-11-24(22-18)15-7-8-16(19)17(20)13-15/h7-9,11,13-14H,2-6,10,12H2,1H3,(H,21,22). The molecule has 0 aliphatic heterocycles. The third-order valence-corrected chi connectivity index (χ3v) is 5.46. The van der Waals surface area contributed by atoms with Crippen LogP contribution in [0, 0.1) is 0 Å².